The highest BCUT2D eigenvalue weighted by Crippen LogP contribution is 2.28. The molecule has 6 nitrogen and oxygen atoms in total. The summed E-state index contributed by atoms with van der Waals surface area (Å²) in [5.74, 6) is 0.351. The third-order valence-electron chi connectivity index (χ3n) is 4.84. The van der Waals surface area contributed by atoms with Crippen molar-refractivity contribution < 1.29 is 14.2 Å². The van der Waals surface area contributed by atoms with Crippen LogP contribution < -0.4 is 0 Å². The van der Waals surface area contributed by atoms with Gasteiger partial charge in [0.2, 0.25) is 0 Å². The Hall–Kier alpha value is -2.60. The molecular formula is C18H26N4O2. The number of hydrogen-bond donors (Lipinski definition) is 3. The summed E-state index contributed by atoms with van der Waals surface area (Å²) in [5, 5.41) is 10.3. The van der Waals surface area contributed by atoms with Crippen LogP contribution in [0.25, 0.3) is 22.2 Å². The number of carbonyl (C=O) groups is 1. The largest absolute Gasteiger partial charge is 0.396 e. The van der Waals surface area contributed by atoms with Crippen LogP contribution in [0.1, 0.15) is 27.6 Å². The molecule has 1 amide bonds. The number of nitrogens with zero attached hydrogens (tertiary/aromatic N) is 2. The molecule has 0 saturated carbocycles. The number of aromatic nitrogens is 3. The van der Waals surface area contributed by atoms with Gasteiger partial charge in [0.15, 0.2) is 0 Å². The summed E-state index contributed by atoms with van der Waals surface area (Å²) in [6.07, 6.45) is 7.23. The van der Waals surface area contributed by atoms with Crippen LogP contribution in [0, 0.1) is 5.92 Å². The first-order valence-corrected chi connectivity index (χ1v) is 8.27. The van der Waals surface area contributed by atoms with E-state index in [4.69, 9.17) is 0 Å². The SMILES string of the molecule is O=C(c1cc(-c2ccnc3[nH]ccc23)c[nH]1)N1CCC(CO)CC1.[HH].[HH].[HH]. The van der Waals surface area contributed by atoms with Crippen LogP contribution in [0.15, 0.2) is 36.8 Å². The maximum Gasteiger partial charge on any atom is 0.270 e. The van der Waals surface area contributed by atoms with Crippen molar-refractivity contribution in [1.82, 2.24) is 19.9 Å². The van der Waals surface area contributed by atoms with Gasteiger partial charge in [-0.2, -0.15) is 0 Å². The topological polar surface area (TPSA) is 85.0 Å². The van der Waals surface area contributed by atoms with E-state index in [0.717, 1.165) is 35.0 Å². The Bertz CT molecular complexity index is 872. The van der Waals surface area contributed by atoms with E-state index in [0.29, 0.717) is 24.7 Å². The fourth-order valence-corrected chi connectivity index (χ4v) is 3.37. The van der Waals surface area contributed by atoms with Crippen molar-refractivity contribution in [3.63, 3.8) is 0 Å². The van der Waals surface area contributed by atoms with Crippen molar-refractivity contribution in [3.8, 4) is 11.1 Å². The molecule has 0 unspecified atom stereocenters. The Morgan fingerprint density at radius 2 is 2.17 bits per heavy atom. The molecule has 6 heteroatoms. The van der Waals surface area contributed by atoms with E-state index in [1.807, 2.05) is 35.5 Å². The van der Waals surface area contributed by atoms with Gasteiger partial charge in [0.05, 0.1) is 0 Å². The minimum Gasteiger partial charge on any atom is -0.396 e. The van der Waals surface area contributed by atoms with Gasteiger partial charge in [-0.1, -0.05) is 0 Å². The summed E-state index contributed by atoms with van der Waals surface area (Å²) in [6, 6.07) is 5.86. The Morgan fingerprint density at radius 3 is 2.96 bits per heavy atom. The number of aliphatic hydroxyl groups is 1. The number of aliphatic hydroxyl groups excluding tert-OH is 1. The molecule has 1 fully saturated rings. The Labute approximate surface area is 144 Å². The van der Waals surface area contributed by atoms with Crippen LogP contribution in [0.5, 0.6) is 0 Å². The van der Waals surface area contributed by atoms with Crippen molar-refractivity contribution in [3.05, 3.63) is 42.5 Å². The molecule has 4 heterocycles. The fraction of sp³-hybridized carbons (Fsp3) is 0.333. The van der Waals surface area contributed by atoms with E-state index in [9.17, 15) is 9.90 Å². The molecule has 0 spiro atoms. The van der Waals surface area contributed by atoms with Crippen molar-refractivity contribution in [2.75, 3.05) is 19.7 Å². The maximum atomic E-state index is 12.7. The van der Waals surface area contributed by atoms with Crippen molar-refractivity contribution in [1.29, 1.82) is 0 Å². The van der Waals surface area contributed by atoms with Crippen LogP contribution in [0.4, 0.5) is 0 Å². The number of pyridine rings is 1. The second-order valence-electron chi connectivity index (χ2n) is 6.32. The summed E-state index contributed by atoms with van der Waals surface area (Å²) in [4.78, 5) is 25.0. The van der Waals surface area contributed by atoms with E-state index >= 15 is 0 Å². The minimum absolute atomic E-state index is 0. The Kier molecular flexibility index (Phi) is 3.82. The van der Waals surface area contributed by atoms with Gasteiger partial charge in [-0.25, -0.2) is 4.98 Å². The summed E-state index contributed by atoms with van der Waals surface area (Å²) in [6.45, 7) is 1.62. The zero-order valence-electron chi connectivity index (χ0n) is 13.3. The third kappa shape index (κ3) is 2.59. The van der Waals surface area contributed by atoms with E-state index in [-0.39, 0.29) is 16.8 Å². The molecular weight excluding hydrogens is 304 g/mol. The second kappa shape index (κ2) is 6.13. The highest BCUT2D eigenvalue weighted by atomic mass is 16.3. The molecule has 0 aliphatic carbocycles. The highest BCUT2D eigenvalue weighted by Gasteiger charge is 2.24. The predicted molar refractivity (Wildman–Crippen MR) is 97.9 cm³/mol. The predicted octanol–water partition coefficient (Wildman–Crippen LogP) is 3.14. The molecule has 0 bridgehead atoms. The lowest BCUT2D eigenvalue weighted by atomic mass is 9.98. The van der Waals surface area contributed by atoms with E-state index in [1.165, 1.54) is 0 Å². The number of H-pyrrole nitrogens is 2. The monoisotopic (exact) mass is 330 g/mol. The number of carbonyl (C=O) groups excluding carboxylic acids is 1. The van der Waals surface area contributed by atoms with Gasteiger partial charge < -0.3 is 20.0 Å². The molecule has 3 aromatic rings. The number of fused-ring (bicyclic) bond motifs is 1. The first kappa shape index (κ1) is 15.0. The van der Waals surface area contributed by atoms with Crippen LogP contribution in [0.3, 0.4) is 0 Å². The smallest absolute Gasteiger partial charge is 0.270 e. The highest BCUT2D eigenvalue weighted by molar-refractivity contribution is 5.97. The van der Waals surface area contributed by atoms with Crippen LogP contribution >= 0.6 is 0 Å². The van der Waals surface area contributed by atoms with Gasteiger partial charge in [0.1, 0.15) is 11.3 Å². The molecule has 130 valence electrons. The Morgan fingerprint density at radius 1 is 1.33 bits per heavy atom. The molecule has 3 aromatic heterocycles. The number of amides is 1. The van der Waals surface area contributed by atoms with E-state index < -0.39 is 0 Å². The normalized spacial score (nSPS) is 16.0. The third-order valence-corrected chi connectivity index (χ3v) is 4.84. The van der Waals surface area contributed by atoms with Gasteiger partial charge in [0.25, 0.3) is 5.91 Å². The van der Waals surface area contributed by atoms with E-state index in [2.05, 4.69) is 15.0 Å². The van der Waals surface area contributed by atoms with Crippen LogP contribution in [-0.2, 0) is 0 Å². The van der Waals surface area contributed by atoms with Crippen molar-refractivity contribution in [2.24, 2.45) is 5.92 Å². The molecule has 0 atom stereocenters. The molecule has 1 aliphatic rings. The van der Waals surface area contributed by atoms with Gasteiger partial charge in [-0.3, -0.25) is 4.79 Å². The summed E-state index contributed by atoms with van der Waals surface area (Å²) in [5.41, 5.74) is 3.48. The lowest BCUT2D eigenvalue weighted by Crippen LogP contribution is -2.39. The van der Waals surface area contributed by atoms with E-state index in [1.54, 1.807) is 6.20 Å². The zero-order valence-corrected chi connectivity index (χ0v) is 13.3. The minimum atomic E-state index is 0. The summed E-state index contributed by atoms with van der Waals surface area (Å²) in [7, 11) is 0. The summed E-state index contributed by atoms with van der Waals surface area (Å²) >= 11 is 0. The number of hydrogen-bond acceptors (Lipinski definition) is 3. The van der Waals surface area contributed by atoms with Gasteiger partial charge >= 0.3 is 0 Å². The number of nitrogens with one attached hydrogen (secondary N) is 2. The average molecular weight is 330 g/mol. The fourth-order valence-electron chi connectivity index (χ4n) is 3.37. The molecule has 4 rings (SSSR count). The standard InChI is InChI=1S/C18H20N4O2.3H2/c23-11-12-3-7-22(8-4-12)18(24)16-9-13(10-21-16)14-1-5-19-17-15(14)2-6-20-17;;;/h1-2,5-6,9-10,12,21,23H,3-4,7-8,11H2,(H,19,20);3*1H. The van der Waals surface area contributed by atoms with Crippen molar-refractivity contribution in [2.45, 2.75) is 12.8 Å². The number of aromatic amines is 2. The molecule has 1 aliphatic heterocycles. The zero-order chi connectivity index (χ0) is 16.5. The lowest BCUT2D eigenvalue weighted by Gasteiger charge is -2.30. The van der Waals surface area contributed by atoms with Crippen molar-refractivity contribution >= 4 is 16.9 Å². The quantitative estimate of drug-likeness (QED) is 0.689. The van der Waals surface area contributed by atoms with Gasteiger partial charge in [0, 0.05) is 53.5 Å². The second-order valence-corrected chi connectivity index (χ2v) is 6.32. The van der Waals surface area contributed by atoms with Crippen LogP contribution in [0.2, 0.25) is 0 Å². The molecule has 24 heavy (non-hydrogen) atoms. The molecule has 0 aromatic carbocycles. The maximum absolute atomic E-state index is 12.7. The summed E-state index contributed by atoms with van der Waals surface area (Å²) < 4.78 is 0. The first-order valence-electron chi connectivity index (χ1n) is 8.27. The average Bonchev–Trinajstić information content (AvgIpc) is 3.30. The Balaban J connectivity index is 0.00000121. The molecule has 0 radical (unpaired) electrons. The van der Waals surface area contributed by atoms with Gasteiger partial charge in [-0.15, -0.1) is 0 Å². The van der Waals surface area contributed by atoms with Gasteiger partial charge in [-0.05, 0) is 42.5 Å². The lowest BCUT2D eigenvalue weighted by molar-refractivity contribution is 0.0646. The first-order chi connectivity index (χ1) is 11.8. The number of piperidine rings is 1. The molecule has 3 N–H and O–H groups in total. The molecule has 1 saturated heterocycles. The number of rotatable bonds is 3. The number of likely N-dealkylation sites (tertiary alicyclic amines) is 1. The van der Waals surface area contributed by atoms with Crippen LogP contribution in [-0.4, -0.2) is 50.6 Å².